The molecule has 2 N–H and O–H groups in total. The molecule has 0 saturated heterocycles. The van der Waals surface area contributed by atoms with Gasteiger partial charge in [0.15, 0.2) is 0 Å². The minimum atomic E-state index is -0.435. The lowest BCUT2D eigenvalue weighted by molar-refractivity contribution is -0.383. The van der Waals surface area contributed by atoms with E-state index in [0.717, 1.165) is 16.9 Å². The van der Waals surface area contributed by atoms with Crippen LogP contribution in [0.4, 0.5) is 22.7 Å². The first-order valence-corrected chi connectivity index (χ1v) is 6.83. The Kier molecular flexibility index (Phi) is 3.50. The molecule has 3 rings (SSSR count). The van der Waals surface area contributed by atoms with Gasteiger partial charge in [-0.05, 0) is 48.7 Å². The molecule has 0 unspecified atom stereocenters. The molecular weight excluding hydrogens is 282 g/mol. The second kappa shape index (κ2) is 5.48. The van der Waals surface area contributed by atoms with Crippen LogP contribution in [0.3, 0.4) is 0 Å². The number of hydrogen-bond donors (Lipinski definition) is 2. The fourth-order valence-corrected chi connectivity index (χ4v) is 2.45. The van der Waals surface area contributed by atoms with Crippen LogP contribution in [-0.4, -0.2) is 10.8 Å². The van der Waals surface area contributed by atoms with Crippen molar-refractivity contribution in [3.8, 4) is 0 Å². The Hall–Kier alpha value is -2.89. The minimum Gasteiger partial charge on any atom is -0.350 e. The zero-order valence-electron chi connectivity index (χ0n) is 11.8. The minimum absolute atomic E-state index is 0.00915. The van der Waals surface area contributed by atoms with Crippen molar-refractivity contribution in [1.29, 1.82) is 0 Å². The van der Waals surface area contributed by atoms with Crippen molar-refractivity contribution in [1.82, 2.24) is 0 Å². The number of benzene rings is 2. The molecule has 2 aromatic rings. The maximum absolute atomic E-state index is 11.3. The van der Waals surface area contributed by atoms with Crippen molar-refractivity contribution in [2.24, 2.45) is 0 Å². The fourth-order valence-electron chi connectivity index (χ4n) is 2.45. The summed E-state index contributed by atoms with van der Waals surface area (Å²) in [5, 5.41) is 17.0. The first-order valence-electron chi connectivity index (χ1n) is 6.83. The van der Waals surface area contributed by atoms with Gasteiger partial charge in [-0.2, -0.15) is 0 Å². The highest BCUT2D eigenvalue weighted by atomic mass is 16.6. The standard InChI is InChI=1S/C16H14N3O3/c1-10-2-5-14(15(8-10)19(21)22)17-12-4-6-13-11(9-12)3-7-16(20)18-13/h2,4-6,8-9,17H,1,3,7H2,(H,18,20). The summed E-state index contributed by atoms with van der Waals surface area (Å²) in [6, 6.07) is 10.3. The van der Waals surface area contributed by atoms with E-state index in [2.05, 4.69) is 17.6 Å². The van der Waals surface area contributed by atoms with Crippen LogP contribution in [0.15, 0.2) is 36.4 Å². The first-order chi connectivity index (χ1) is 10.5. The quantitative estimate of drug-likeness (QED) is 0.671. The molecule has 0 bridgehead atoms. The van der Waals surface area contributed by atoms with Gasteiger partial charge in [0.25, 0.3) is 5.69 Å². The van der Waals surface area contributed by atoms with E-state index in [4.69, 9.17) is 0 Å². The summed E-state index contributed by atoms with van der Waals surface area (Å²) in [6.07, 6.45) is 1.11. The number of nitrogens with one attached hydrogen (secondary N) is 2. The molecule has 2 aromatic carbocycles. The maximum atomic E-state index is 11.3. The van der Waals surface area contributed by atoms with E-state index in [0.29, 0.717) is 24.1 Å². The third-order valence-corrected chi connectivity index (χ3v) is 3.54. The molecule has 111 valence electrons. The molecule has 0 aromatic heterocycles. The first kappa shape index (κ1) is 14.1. The van der Waals surface area contributed by atoms with Crippen LogP contribution in [0.1, 0.15) is 17.5 Å². The molecule has 1 heterocycles. The van der Waals surface area contributed by atoms with E-state index in [-0.39, 0.29) is 11.6 Å². The third kappa shape index (κ3) is 2.76. The molecule has 1 radical (unpaired) electrons. The highest BCUT2D eigenvalue weighted by molar-refractivity contribution is 5.94. The second-order valence-electron chi connectivity index (χ2n) is 5.15. The molecule has 0 atom stereocenters. The molecule has 1 aliphatic heterocycles. The van der Waals surface area contributed by atoms with E-state index >= 15 is 0 Å². The monoisotopic (exact) mass is 296 g/mol. The summed E-state index contributed by atoms with van der Waals surface area (Å²) in [6.45, 7) is 3.70. The van der Waals surface area contributed by atoms with Crippen LogP contribution >= 0.6 is 0 Å². The zero-order valence-corrected chi connectivity index (χ0v) is 11.8. The number of amides is 1. The van der Waals surface area contributed by atoms with Crippen LogP contribution in [-0.2, 0) is 11.2 Å². The number of hydrogen-bond acceptors (Lipinski definition) is 4. The van der Waals surface area contributed by atoms with Gasteiger partial charge in [0.05, 0.1) is 4.92 Å². The van der Waals surface area contributed by atoms with Crippen LogP contribution in [0, 0.1) is 17.0 Å². The van der Waals surface area contributed by atoms with E-state index in [1.54, 1.807) is 24.3 Å². The zero-order chi connectivity index (χ0) is 15.7. The van der Waals surface area contributed by atoms with Gasteiger partial charge in [0.1, 0.15) is 5.69 Å². The number of carbonyl (C=O) groups is 1. The highest BCUT2D eigenvalue weighted by Gasteiger charge is 2.17. The summed E-state index contributed by atoms with van der Waals surface area (Å²) in [5.74, 6) is 0.00915. The van der Waals surface area contributed by atoms with Crippen LogP contribution in [0.2, 0.25) is 0 Å². The average molecular weight is 296 g/mol. The molecule has 0 spiro atoms. The summed E-state index contributed by atoms with van der Waals surface area (Å²) in [7, 11) is 0. The molecule has 6 nitrogen and oxygen atoms in total. The van der Waals surface area contributed by atoms with Gasteiger partial charge in [-0.1, -0.05) is 6.07 Å². The molecule has 6 heteroatoms. The lowest BCUT2D eigenvalue weighted by Gasteiger charge is -2.18. The molecule has 22 heavy (non-hydrogen) atoms. The maximum Gasteiger partial charge on any atom is 0.292 e. The highest BCUT2D eigenvalue weighted by Crippen LogP contribution is 2.31. The van der Waals surface area contributed by atoms with Crippen molar-refractivity contribution in [3.63, 3.8) is 0 Å². The van der Waals surface area contributed by atoms with Crippen LogP contribution < -0.4 is 10.6 Å². The topological polar surface area (TPSA) is 84.3 Å². The Balaban J connectivity index is 1.91. The number of fused-ring (bicyclic) bond motifs is 1. The summed E-state index contributed by atoms with van der Waals surface area (Å²) >= 11 is 0. The van der Waals surface area contributed by atoms with Crippen molar-refractivity contribution in [2.75, 3.05) is 10.6 Å². The molecule has 1 amide bonds. The lowest BCUT2D eigenvalue weighted by atomic mass is 10.0. The Bertz CT molecular complexity index is 771. The number of aryl methyl sites for hydroxylation is 1. The van der Waals surface area contributed by atoms with Gasteiger partial charge in [-0.25, -0.2) is 0 Å². The number of nitrogens with zero attached hydrogens (tertiary/aromatic N) is 1. The smallest absolute Gasteiger partial charge is 0.292 e. The molecular formula is C16H14N3O3. The largest absolute Gasteiger partial charge is 0.350 e. The number of nitro groups is 1. The normalized spacial score (nSPS) is 13.2. The van der Waals surface area contributed by atoms with Gasteiger partial charge in [0, 0.05) is 23.9 Å². The van der Waals surface area contributed by atoms with Crippen LogP contribution in [0.5, 0.6) is 0 Å². The number of rotatable bonds is 3. The van der Waals surface area contributed by atoms with E-state index < -0.39 is 4.92 Å². The third-order valence-electron chi connectivity index (χ3n) is 3.54. The number of anilines is 3. The molecule has 0 aliphatic carbocycles. The van der Waals surface area contributed by atoms with Gasteiger partial charge in [-0.3, -0.25) is 14.9 Å². The van der Waals surface area contributed by atoms with Gasteiger partial charge in [-0.15, -0.1) is 0 Å². The molecule has 0 fully saturated rings. The van der Waals surface area contributed by atoms with E-state index in [1.165, 1.54) is 6.07 Å². The molecule has 1 aliphatic rings. The predicted molar refractivity (Wildman–Crippen MR) is 84.2 cm³/mol. The number of carbonyl (C=O) groups excluding carboxylic acids is 1. The predicted octanol–water partition coefficient (Wildman–Crippen LogP) is 3.41. The van der Waals surface area contributed by atoms with E-state index in [9.17, 15) is 14.9 Å². The van der Waals surface area contributed by atoms with Crippen molar-refractivity contribution < 1.29 is 9.72 Å². The Morgan fingerprint density at radius 1 is 1.18 bits per heavy atom. The number of nitro benzene ring substituents is 1. The van der Waals surface area contributed by atoms with Crippen molar-refractivity contribution in [2.45, 2.75) is 12.8 Å². The van der Waals surface area contributed by atoms with Crippen molar-refractivity contribution in [3.05, 3.63) is 64.6 Å². The van der Waals surface area contributed by atoms with Gasteiger partial charge < -0.3 is 10.6 Å². The Morgan fingerprint density at radius 2 is 2.00 bits per heavy atom. The van der Waals surface area contributed by atoms with Gasteiger partial charge >= 0.3 is 0 Å². The Morgan fingerprint density at radius 3 is 2.77 bits per heavy atom. The fraction of sp³-hybridized carbons (Fsp3) is 0.125. The average Bonchev–Trinajstić information content (AvgIpc) is 2.49. The van der Waals surface area contributed by atoms with Gasteiger partial charge in [0.2, 0.25) is 5.91 Å². The van der Waals surface area contributed by atoms with Crippen molar-refractivity contribution >= 4 is 28.7 Å². The summed E-state index contributed by atoms with van der Waals surface area (Å²) < 4.78 is 0. The second-order valence-corrected chi connectivity index (χ2v) is 5.15. The summed E-state index contributed by atoms with van der Waals surface area (Å²) in [4.78, 5) is 22.0. The van der Waals surface area contributed by atoms with Crippen LogP contribution in [0.25, 0.3) is 0 Å². The summed E-state index contributed by atoms with van der Waals surface area (Å²) in [5.41, 5.74) is 3.54. The molecule has 0 saturated carbocycles. The Labute approximate surface area is 127 Å². The SMILES string of the molecule is [CH2]c1ccc(Nc2ccc3c(c2)CCC(=O)N3)c([N+](=O)[O-])c1. The van der Waals surface area contributed by atoms with E-state index in [1.807, 2.05) is 6.07 Å². The lowest BCUT2D eigenvalue weighted by Crippen LogP contribution is -2.18.